The van der Waals surface area contributed by atoms with Gasteiger partial charge in [-0.1, -0.05) is 19.8 Å². The molecule has 0 aromatic carbocycles. The second kappa shape index (κ2) is 6.39. The summed E-state index contributed by atoms with van der Waals surface area (Å²) in [6.07, 6.45) is 6.66. The van der Waals surface area contributed by atoms with Crippen LogP contribution in [-0.4, -0.2) is 19.6 Å². The van der Waals surface area contributed by atoms with Crippen molar-refractivity contribution in [1.82, 2.24) is 5.32 Å². The Morgan fingerprint density at radius 1 is 1.31 bits per heavy atom. The molecule has 0 saturated carbocycles. The predicted molar refractivity (Wildman–Crippen MR) is 57.7 cm³/mol. The standard InChI is InChI=1S/C11H24N2/c1-2-3-10(4-7-12)11-5-8-13-9-6-11/h10-11,13H,2-9,12H2,1H3. The van der Waals surface area contributed by atoms with E-state index in [2.05, 4.69) is 12.2 Å². The van der Waals surface area contributed by atoms with Crippen molar-refractivity contribution in [1.29, 1.82) is 0 Å². The Balaban J connectivity index is 2.32. The fourth-order valence-electron chi connectivity index (χ4n) is 2.52. The summed E-state index contributed by atoms with van der Waals surface area (Å²) in [6, 6.07) is 0. The van der Waals surface area contributed by atoms with Gasteiger partial charge < -0.3 is 11.1 Å². The molecular formula is C11H24N2. The molecule has 0 radical (unpaired) electrons. The fourth-order valence-corrected chi connectivity index (χ4v) is 2.52. The fraction of sp³-hybridized carbons (Fsp3) is 1.00. The highest BCUT2D eigenvalue weighted by molar-refractivity contribution is 4.75. The first-order valence-corrected chi connectivity index (χ1v) is 5.79. The molecule has 1 aliphatic rings. The number of hydrogen-bond donors (Lipinski definition) is 2. The van der Waals surface area contributed by atoms with Crippen LogP contribution < -0.4 is 11.1 Å². The van der Waals surface area contributed by atoms with Crippen molar-refractivity contribution >= 4 is 0 Å². The van der Waals surface area contributed by atoms with Crippen LogP contribution in [-0.2, 0) is 0 Å². The number of piperidine rings is 1. The van der Waals surface area contributed by atoms with Crippen molar-refractivity contribution in [3.05, 3.63) is 0 Å². The monoisotopic (exact) mass is 184 g/mol. The van der Waals surface area contributed by atoms with Crippen molar-refractivity contribution in [3.63, 3.8) is 0 Å². The number of nitrogens with two attached hydrogens (primary N) is 1. The van der Waals surface area contributed by atoms with Gasteiger partial charge in [-0.3, -0.25) is 0 Å². The van der Waals surface area contributed by atoms with Crippen LogP contribution in [0.25, 0.3) is 0 Å². The van der Waals surface area contributed by atoms with E-state index in [4.69, 9.17) is 5.73 Å². The minimum Gasteiger partial charge on any atom is -0.330 e. The second-order valence-electron chi connectivity index (χ2n) is 4.21. The molecule has 2 nitrogen and oxygen atoms in total. The summed E-state index contributed by atoms with van der Waals surface area (Å²) in [5, 5.41) is 3.42. The summed E-state index contributed by atoms with van der Waals surface area (Å²) >= 11 is 0. The molecule has 1 rings (SSSR count). The Morgan fingerprint density at radius 2 is 2.00 bits per heavy atom. The summed E-state index contributed by atoms with van der Waals surface area (Å²) < 4.78 is 0. The highest BCUT2D eigenvalue weighted by Crippen LogP contribution is 2.27. The van der Waals surface area contributed by atoms with E-state index in [9.17, 15) is 0 Å². The molecule has 13 heavy (non-hydrogen) atoms. The summed E-state index contributed by atoms with van der Waals surface area (Å²) in [4.78, 5) is 0. The van der Waals surface area contributed by atoms with Crippen molar-refractivity contribution < 1.29 is 0 Å². The maximum atomic E-state index is 5.65. The van der Waals surface area contributed by atoms with E-state index < -0.39 is 0 Å². The zero-order valence-corrected chi connectivity index (χ0v) is 8.89. The van der Waals surface area contributed by atoms with Crippen LogP contribution in [0.4, 0.5) is 0 Å². The third kappa shape index (κ3) is 3.65. The molecule has 3 N–H and O–H groups in total. The molecule has 0 amide bonds. The third-order valence-electron chi connectivity index (χ3n) is 3.25. The van der Waals surface area contributed by atoms with Crippen molar-refractivity contribution in [2.24, 2.45) is 17.6 Å². The Bertz CT molecular complexity index is 113. The average molecular weight is 184 g/mol. The van der Waals surface area contributed by atoms with Gasteiger partial charge >= 0.3 is 0 Å². The van der Waals surface area contributed by atoms with Gasteiger partial charge in [-0.2, -0.15) is 0 Å². The van der Waals surface area contributed by atoms with Crippen LogP contribution in [0.5, 0.6) is 0 Å². The van der Waals surface area contributed by atoms with Crippen LogP contribution >= 0.6 is 0 Å². The van der Waals surface area contributed by atoms with E-state index in [0.717, 1.165) is 18.4 Å². The SMILES string of the molecule is CCCC(CCN)C1CCNCC1. The Morgan fingerprint density at radius 3 is 2.54 bits per heavy atom. The van der Waals surface area contributed by atoms with Gasteiger partial charge in [0.1, 0.15) is 0 Å². The highest BCUT2D eigenvalue weighted by Gasteiger charge is 2.21. The molecule has 0 aliphatic carbocycles. The van der Waals surface area contributed by atoms with Crippen molar-refractivity contribution in [2.75, 3.05) is 19.6 Å². The molecule has 1 atom stereocenters. The van der Waals surface area contributed by atoms with E-state index in [1.54, 1.807) is 0 Å². The van der Waals surface area contributed by atoms with Gasteiger partial charge in [-0.25, -0.2) is 0 Å². The van der Waals surface area contributed by atoms with Crippen LogP contribution in [0.1, 0.15) is 39.0 Å². The molecule has 1 unspecified atom stereocenters. The Hall–Kier alpha value is -0.0800. The maximum absolute atomic E-state index is 5.65. The second-order valence-corrected chi connectivity index (χ2v) is 4.21. The van der Waals surface area contributed by atoms with Crippen molar-refractivity contribution in [3.8, 4) is 0 Å². The minimum atomic E-state index is 0.870. The first-order valence-electron chi connectivity index (χ1n) is 5.79. The predicted octanol–water partition coefficient (Wildman–Crippen LogP) is 1.75. The molecule has 1 aliphatic heterocycles. The lowest BCUT2D eigenvalue weighted by molar-refractivity contribution is 0.235. The zero-order valence-electron chi connectivity index (χ0n) is 8.89. The van der Waals surface area contributed by atoms with Crippen molar-refractivity contribution in [2.45, 2.75) is 39.0 Å². The van der Waals surface area contributed by atoms with Gasteiger partial charge in [-0.05, 0) is 50.7 Å². The molecule has 1 heterocycles. The molecular weight excluding hydrogens is 160 g/mol. The van der Waals surface area contributed by atoms with Gasteiger partial charge in [0, 0.05) is 0 Å². The molecule has 1 fully saturated rings. The quantitative estimate of drug-likeness (QED) is 0.683. The first kappa shape index (κ1) is 11.0. The van der Waals surface area contributed by atoms with Gasteiger partial charge in [0.2, 0.25) is 0 Å². The van der Waals surface area contributed by atoms with Crippen LogP contribution in [0.15, 0.2) is 0 Å². The van der Waals surface area contributed by atoms with E-state index in [1.807, 2.05) is 0 Å². The average Bonchev–Trinajstić information content (AvgIpc) is 2.19. The smallest absolute Gasteiger partial charge is 0.00462 e. The molecule has 0 spiro atoms. The third-order valence-corrected chi connectivity index (χ3v) is 3.25. The molecule has 78 valence electrons. The summed E-state index contributed by atoms with van der Waals surface area (Å²) in [5.41, 5.74) is 5.65. The van der Waals surface area contributed by atoms with E-state index in [0.29, 0.717) is 0 Å². The normalized spacial score (nSPS) is 21.7. The topological polar surface area (TPSA) is 38.0 Å². The Kier molecular flexibility index (Phi) is 5.40. The molecule has 1 saturated heterocycles. The lowest BCUT2D eigenvalue weighted by Crippen LogP contribution is -2.32. The van der Waals surface area contributed by atoms with Gasteiger partial charge in [-0.15, -0.1) is 0 Å². The largest absolute Gasteiger partial charge is 0.330 e. The molecule has 2 heteroatoms. The number of nitrogens with one attached hydrogen (secondary N) is 1. The molecule has 0 aromatic heterocycles. The lowest BCUT2D eigenvalue weighted by Gasteiger charge is -2.30. The summed E-state index contributed by atoms with van der Waals surface area (Å²) in [7, 11) is 0. The van der Waals surface area contributed by atoms with E-state index in [1.165, 1.54) is 45.2 Å². The summed E-state index contributed by atoms with van der Waals surface area (Å²) in [6.45, 7) is 5.59. The van der Waals surface area contributed by atoms with Crippen LogP contribution in [0, 0.1) is 11.8 Å². The number of rotatable bonds is 5. The van der Waals surface area contributed by atoms with Gasteiger partial charge in [0.15, 0.2) is 0 Å². The van der Waals surface area contributed by atoms with Crippen LogP contribution in [0.2, 0.25) is 0 Å². The van der Waals surface area contributed by atoms with Gasteiger partial charge in [0.05, 0.1) is 0 Å². The Labute approximate surface area is 82.3 Å². The van der Waals surface area contributed by atoms with Gasteiger partial charge in [0.25, 0.3) is 0 Å². The maximum Gasteiger partial charge on any atom is -0.00462 e. The molecule has 0 bridgehead atoms. The van der Waals surface area contributed by atoms with Crippen LogP contribution in [0.3, 0.4) is 0 Å². The molecule has 0 aromatic rings. The highest BCUT2D eigenvalue weighted by atomic mass is 14.9. The van der Waals surface area contributed by atoms with E-state index in [-0.39, 0.29) is 0 Å². The minimum absolute atomic E-state index is 0.870. The summed E-state index contributed by atoms with van der Waals surface area (Å²) in [5.74, 6) is 1.85. The zero-order chi connectivity index (χ0) is 9.52. The number of hydrogen-bond acceptors (Lipinski definition) is 2. The van der Waals surface area contributed by atoms with E-state index >= 15 is 0 Å². The first-order chi connectivity index (χ1) is 6.38. The lowest BCUT2D eigenvalue weighted by atomic mass is 9.80.